The van der Waals surface area contributed by atoms with Crippen LogP contribution in [0.4, 0.5) is 11.6 Å². The highest BCUT2D eigenvalue weighted by atomic mass is 16.2. The second-order valence-corrected chi connectivity index (χ2v) is 5.12. The van der Waals surface area contributed by atoms with Crippen LogP contribution in [0.5, 0.6) is 0 Å². The van der Waals surface area contributed by atoms with E-state index in [0.29, 0.717) is 24.3 Å². The zero-order valence-electron chi connectivity index (χ0n) is 12.0. The maximum Gasteiger partial charge on any atom is 0.254 e. The average Bonchev–Trinajstić information content (AvgIpc) is 2.89. The van der Waals surface area contributed by atoms with Gasteiger partial charge >= 0.3 is 0 Å². The maximum absolute atomic E-state index is 12.5. The molecule has 2 aromatic rings. The van der Waals surface area contributed by atoms with Gasteiger partial charge in [0.25, 0.3) is 5.91 Å². The van der Waals surface area contributed by atoms with E-state index in [2.05, 4.69) is 15.3 Å². The molecule has 0 spiro atoms. The fourth-order valence-electron chi connectivity index (χ4n) is 2.39. The van der Waals surface area contributed by atoms with Crippen molar-refractivity contribution in [2.45, 2.75) is 20.0 Å². The van der Waals surface area contributed by atoms with Crippen LogP contribution in [0.3, 0.4) is 0 Å². The normalized spacial score (nSPS) is 12.9. The number of nitrogens with one attached hydrogen (secondary N) is 1. The van der Waals surface area contributed by atoms with E-state index in [1.54, 1.807) is 35.4 Å². The molecule has 22 heavy (non-hydrogen) atoms. The van der Waals surface area contributed by atoms with Gasteiger partial charge in [0.15, 0.2) is 0 Å². The van der Waals surface area contributed by atoms with E-state index in [9.17, 15) is 9.59 Å². The molecule has 7 heteroatoms. The van der Waals surface area contributed by atoms with Gasteiger partial charge in [0, 0.05) is 36.5 Å². The Kier molecular flexibility index (Phi) is 3.46. The SMILES string of the molecule is CC(=O)Nc1ccc(C(=O)N2Cc3cnc(N)nc3C2)cc1. The van der Waals surface area contributed by atoms with E-state index in [1.807, 2.05) is 0 Å². The van der Waals surface area contributed by atoms with E-state index < -0.39 is 0 Å². The molecule has 0 fully saturated rings. The molecule has 0 unspecified atom stereocenters. The molecular formula is C15H15N5O2. The van der Waals surface area contributed by atoms with Crippen LogP contribution in [0.25, 0.3) is 0 Å². The Hall–Kier alpha value is -2.96. The quantitative estimate of drug-likeness (QED) is 0.866. The van der Waals surface area contributed by atoms with Gasteiger partial charge in [0.2, 0.25) is 11.9 Å². The minimum absolute atomic E-state index is 0.0917. The summed E-state index contributed by atoms with van der Waals surface area (Å²) in [6, 6.07) is 6.79. The number of hydrogen-bond donors (Lipinski definition) is 2. The number of nitrogens with two attached hydrogens (primary N) is 1. The molecule has 0 aliphatic carbocycles. The van der Waals surface area contributed by atoms with Gasteiger partial charge in [-0.05, 0) is 24.3 Å². The first-order chi connectivity index (χ1) is 10.5. The average molecular weight is 297 g/mol. The third-order valence-electron chi connectivity index (χ3n) is 3.41. The zero-order chi connectivity index (χ0) is 15.7. The number of nitrogens with zero attached hydrogens (tertiary/aromatic N) is 3. The molecule has 2 heterocycles. The van der Waals surface area contributed by atoms with Crippen molar-refractivity contribution in [2.24, 2.45) is 0 Å². The van der Waals surface area contributed by atoms with Crippen LogP contribution in [0.2, 0.25) is 0 Å². The summed E-state index contributed by atoms with van der Waals surface area (Å²) in [6.45, 7) is 2.34. The number of hydrogen-bond acceptors (Lipinski definition) is 5. The van der Waals surface area contributed by atoms with Crippen molar-refractivity contribution in [1.29, 1.82) is 0 Å². The minimum Gasteiger partial charge on any atom is -0.368 e. The molecule has 0 saturated heterocycles. The maximum atomic E-state index is 12.5. The second kappa shape index (κ2) is 5.44. The number of fused-ring (bicyclic) bond motifs is 1. The summed E-state index contributed by atoms with van der Waals surface area (Å²) < 4.78 is 0. The number of anilines is 2. The van der Waals surface area contributed by atoms with E-state index in [4.69, 9.17) is 5.73 Å². The van der Waals surface area contributed by atoms with Crippen LogP contribution in [0, 0.1) is 0 Å². The lowest BCUT2D eigenvalue weighted by Gasteiger charge is -2.15. The Morgan fingerprint density at radius 2 is 1.95 bits per heavy atom. The Morgan fingerprint density at radius 1 is 1.23 bits per heavy atom. The van der Waals surface area contributed by atoms with Crippen molar-refractivity contribution in [1.82, 2.24) is 14.9 Å². The molecule has 1 aliphatic rings. The van der Waals surface area contributed by atoms with Gasteiger partial charge in [0.1, 0.15) is 0 Å². The highest BCUT2D eigenvalue weighted by molar-refractivity contribution is 5.95. The van der Waals surface area contributed by atoms with E-state index in [0.717, 1.165) is 11.3 Å². The molecule has 3 rings (SSSR count). The summed E-state index contributed by atoms with van der Waals surface area (Å²) >= 11 is 0. The molecule has 0 saturated carbocycles. The first-order valence-electron chi connectivity index (χ1n) is 6.80. The Morgan fingerprint density at radius 3 is 2.64 bits per heavy atom. The fourth-order valence-corrected chi connectivity index (χ4v) is 2.39. The predicted octanol–water partition coefficient (Wildman–Crippen LogP) is 1.17. The molecular weight excluding hydrogens is 282 g/mol. The smallest absolute Gasteiger partial charge is 0.254 e. The molecule has 2 amide bonds. The number of rotatable bonds is 2. The molecule has 0 bridgehead atoms. The van der Waals surface area contributed by atoms with Crippen molar-refractivity contribution in [3.05, 3.63) is 47.3 Å². The van der Waals surface area contributed by atoms with Crippen LogP contribution in [-0.2, 0) is 17.9 Å². The van der Waals surface area contributed by atoms with Crippen molar-refractivity contribution in [3.63, 3.8) is 0 Å². The van der Waals surface area contributed by atoms with E-state index in [-0.39, 0.29) is 17.8 Å². The Labute approximate surface area is 127 Å². The number of carbonyl (C=O) groups is 2. The lowest BCUT2D eigenvalue weighted by molar-refractivity contribution is -0.114. The molecule has 7 nitrogen and oxygen atoms in total. The van der Waals surface area contributed by atoms with Crippen LogP contribution in [0.1, 0.15) is 28.5 Å². The Bertz CT molecular complexity index is 742. The molecule has 1 aromatic carbocycles. The van der Waals surface area contributed by atoms with Gasteiger partial charge in [-0.25, -0.2) is 9.97 Å². The second-order valence-electron chi connectivity index (χ2n) is 5.12. The fraction of sp³-hybridized carbons (Fsp3) is 0.200. The van der Waals surface area contributed by atoms with Gasteiger partial charge in [-0.3, -0.25) is 9.59 Å². The molecule has 0 radical (unpaired) electrons. The molecule has 1 aliphatic heterocycles. The summed E-state index contributed by atoms with van der Waals surface area (Å²) in [5, 5.41) is 2.66. The zero-order valence-corrected chi connectivity index (χ0v) is 12.0. The van der Waals surface area contributed by atoms with Crippen molar-refractivity contribution >= 4 is 23.5 Å². The van der Waals surface area contributed by atoms with Gasteiger partial charge in [-0.2, -0.15) is 0 Å². The lowest BCUT2D eigenvalue weighted by atomic mass is 10.2. The third kappa shape index (κ3) is 2.73. The van der Waals surface area contributed by atoms with Gasteiger partial charge < -0.3 is 16.0 Å². The topological polar surface area (TPSA) is 101 Å². The number of nitrogen functional groups attached to an aromatic ring is 1. The summed E-state index contributed by atoms with van der Waals surface area (Å²) in [5.41, 5.74) is 8.48. The number of benzene rings is 1. The summed E-state index contributed by atoms with van der Waals surface area (Å²) in [6.07, 6.45) is 1.66. The van der Waals surface area contributed by atoms with Crippen molar-refractivity contribution in [3.8, 4) is 0 Å². The highest BCUT2D eigenvalue weighted by Gasteiger charge is 2.25. The van der Waals surface area contributed by atoms with Gasteiger partial charge in [-0.1, -0.05) is 0 Å². The van der Waals surface area contributed by atoms with Crippen LogP contribution in [-0.4, -0.2) is 26.7 Å². The monoisotopic (exact) mass is 297 g/mol. The number of aromatic nitrogens is 2. The molecule has 1 aromatic heterocycles. The lowest BCUT2D eigenvalue weighted by Crippen LogP contribution is -2.25. The molecule has 0 atom stereocenters. The summed E-state index contributed by atoms with van der Waals surface area (Å²) in [4.78, 5) is 33.3. The third-order valence-corrected chi connectivity index (χ3v) is 3.41. The van der Waals surface area contributed by atoms with Crippen LogP contribution in [0.15, 0.2) is 30.5 Å². The van der Waals surface area contributed by atoms with Crippen molar-refractivity contribution < 1.29 is 9.59 Å². The first kappa shape index (κ1) is 14.0. The molecule has 3 N–H and O–H groups in total. The standard InChI is InChI=1S/C15H15N5O2/c1-9(21)18-12-4-2-10(3-5-12)14(22)20-7-11-6-17-15(16)19-13(11)8-20/h2-6H,7-8H2,1H3,(H,18,21)(H2,16,17,19). The number of carbonyl (C=O) groups excluding carboxylic acids is 2. The highest BCUT2D eigenvalue weighted by Crippen LogP contribution is 2.23. The van der Waals surface area contributed by atoms with Gasteiger partial charge in [0.05, 0.1) is 12.2 Å². The van der Waals surface area contributed by atoms with Crippen molar-refractivity contribution in [2.75, 3.05) is 11.1 Å². The van der Waals surface area contributed by atoms with E-state index >= 15 is 0 Å². The minimum atomic E-state index is -0.148. The molecule has 112 valence electrons. The largest absolute Gasteiger partial charge is 0.368 e. The van der Waals surface area contributed by atoms with E-state index in [1.165, 1.54) is 6.92 Å². The Balaban J connectivity index is 1.74. The van der Waals surface area contributed by atoms with Gasteiger partial charge in [-0.15, -0.1) is 0 Å². The summed E-state index contributed by atoms with van der Waals surface area (Å²) in [5.74, 6) is -0.0242. The summed E-state index contributed by atoms with van der Waals surface area (Å²) in [7, 11) is 0. The van der Waals surface area contributed by atoms with Crippen LogP contribution < -0.4 is 11.1 Å². The first-order valence-corrected chi connectivity index (χ1v) is 6.80. The number of amides is 2. The van der Waals surface area contributed by atoms with Crippen LogP contribution >= 0.6 is 0 Å². The predicted molar refractivity (Wildman–Crippen MR) is 80.8 cm³/mol.